The third kappa shape index (κ3) is 3.73. The molecule has 0 aliphatic carbocycles. The minimum Gasteiger partial charge on any atom is -0.388 e. The number of aliphatic hydroxyl groups is 1. The van der Waals surface area contributed by atoms with Crippen LogP contribution in [0.4, 0.5) is 0 Å². The van der Waals surface area contributed by atoms with Gasteiger partial charge in [0.05, 0.1) is 6.10 Å². The molecular formula is C11H18O2. The number of unbranched alkanes of at least 4 members (excludes halogenated alkanes) is 4. The Bertz CT molecular complexity index is 246. The number of hydrogen-bond donors (Lipinski definition) is 1. The highest BCUT2D eigenvalue weighted by Crippen LogP contribution is 2.19. The van der Waals surface area contributed by atoms with Gasteiger partial charge in [0.25, 0.3) is 0 Å². The van der Waals surface area contributed by atoms with E-state index in [0.29, 0.717) is 5.56 Å². The Balaban J connectivity index is 1.97. The van der Waals surface area contributed by atoms with Crippen molar-refractivity contribution < 1.29 is 5.11 Å². The van der Waals surface area contributed by atoms with E-state index >= 15 is 0 Å². The van der Waals surface area contributed by atoms with Gasteiger partial charge in [-0.1, -0.05) is 39.0 Å². The van der Waals surface area contributed by atoms with Gasteiger partial charge >= 0.3 is 0 Å². The molecule has 0 heterocycles. The van der Waals surface area contributed by atoms with Crippen molar-refractivity contribution in [2.75, 3.05) is 0 Å². The molecule has 0 saturated carbocycles. The monoisotopic (exact) mass is 182 g/mol. The number of rotatable bonds is 7. The van der Waals surface area contributed by atoms with Crippen LogP contribution >= 0.6 is 0 Å². The summed E-state index contributed by atoms with van der Waals surface area (Å²) < 4.78 is 0. The summed E-state index contributed by atoms with van der Waals surface area (Å²) in [6, 6.07) is 1.52. The maximum atomic E-state index is 10.6. The molecule has 0 saturated heterocycles. The van der Waals surface area contributed by atoms with E-state index in [2.05, 4.69) is 6.92 Å². The fraction of sp³-hybridized carbons (Fsp3) is 0.727. The molecule has 1 rings (SSSR count). The summed E-state index contributed by atoms with van der Waals surface area (Å²) in [5.74, 6) is 0. The first-order valence-corrected chi connectivity index (χ1v) is 5.19. The average molecular weight is 182 g/mol. The summed E-state index contributed by atoms with van der Waals surface area (Å²) in [6.45, 7) is 2.18. The van der Waals surface area contributed by atoms with Crippen molar-refractivity contribution in [2.45, 2.75) is 51.6 Å². The van der Waals surface area contributed by atoms with E-state index in [1.807, 2.05) is 0 Å². The molecule has 1 unspecified atom stereocenters. The number of hydrogen-bond acceptors (Lipinski definition) is 2. The molecule has 0 fully saturated rings. The van der Waals surface area contributed by atoms with Gasteiger partial charge in [-0.15, -0.1) is 0 Å². The third-order valence-electron chi connectivity index (χ3n) is 2.43. The van der Waals surface area contributed by atoms with Crippen LogP contribution in [0.1, 0.15) is 57.1 Å². The highest BCUT2D eigenvalue weighted by Gasteiger charge is 2.17. The fourth-order valence-corrected chi connectivity index (χ4v) is 1.46. The van der Waals surface area contributed by atoms with Crippen molar-refractivity contribution in [3.8, 4) is 0 Å². The van der Waals surface area contributed by atoms with Crippen molar-refractivity contribution >= 4 is 0 Å². The molecule has 1 aromatic rings. The predicted molar refractivity (Wildman–Crippen MR) is 53.4 cm³/mol. The van der Waals surface area contributed by atoms with E-state index in [4.69, 9.17) is 0 Å². The van der Waals surface area contributed by atoms with Crippen LogP contribution in [0.15, 0.2) is 10.9 Å². The van der Waals surface area contributed by atoms with Gasteiger partial charge in [-0.25, -0.2) is 0 Å². The minimum absolute atomic E-state index is 0.0426. The second-order valence-corrected chi connectivity index (χ2v) is 3.68. The molecule has 0 bridgehead atoms. The van der Waals surface area contributed by atoms with Crippen molar-refractivity contribution in [1.29, 1.82) is 0 Å². The molecule has 0 aliphatic rings. The highest BCUT2D eigenvalue weighted by molar-refractivity contribution is 5.25. The van der Waals surface area contributed by atoms with E-state index in [9.17, 15) is 9.90 Å². The first-order chi connectivity index (χ1) is 6.25. The number of aliphatic hydroxyl groups excluding tert-OH is 1. The van der Waals surface area contributed by atoms with Gasteiger partial charge in [-0.05, 0) is 12.5 Å². The second-order valence-electron chi connectivity index (χ2n) is 3.68. The Hall–Kier alpha value is -0.630. The molecule has 1 aromatic carbocycles. The molecule has 1 atom stereocenters. The van der Waals surface area contributed by atoms with Gasteiger partial charge in [-0.2, -0.15) is 0 Å². The first-order valence-electron chi connectivity index (χ1n) is 5.19. The van der Waals surface area contributed by atoms with E-state index in [-0.39, 0.29) is 5.43 Å². The lowest BCUT2D eigenvalue weighted by Gasteiger charge is -2.04. The van der Waals surface area contributed by atoms with Gasteiger partial charge in [0.2, 0.25) is 0 Å². The van der Waals surface area contributed by atoms with Gasteiger partial charge in [0.1, 0.15) is 0 Å². The molecule has 2 nitrogen and oxygen atoms in total. The lowest BCUT2D eigenvalue weighted by atomic mass is 10.1. The maximum Gasteiger partial charge on any atom is 0.185 e. The zero-order valence-corrected chi connectivity index (χ0v) is 8.25. The van der Waals surface area contributed by atoms with Crippen LogP contribution in [-0.4, -0.2) is 5.11 Å². The van der Waals surface area contributed by atoms with Crippen LogP contribution in [0, 0.1) is 0 Å². The van der Waals surface area contributed by atoms with Crippen molar-refractivity contribution in [3.63, 3.8) is 0 Å². The summed E-state index contributed by atoms with van der Waals surface area (Å²) in [4.78, 5) is 10.6. The topological polar surface area (TPSA) is 37.3 Å². The molecular weight excluding hydrogens is 164 g/mol. The molecule has 0 amide bonds. The van der Waals surface area contributed by atoms with Crippen LogP contribution in [-0.2, 0) is 0 Å². The molecule has 0 aliphatic heterocycles. The SMILES string of the molecule is CCCCCCCC(O)c1cc1=O. The summed E-state index contributed by atoms with van der Waals surface area (Å²) in [6.07, 6.45) is 6.24. The fourth-order valence-electron chi connectivity index (χ4n) is 1.46. The largest absolute Gasteiger partial charge is 0.388 e. The summed E-state index contributed by atoms with van der Waals surface area (Å²) in [7, 11) is 0. The van der Waals surface area contributed by atoms with Gasteiger partial charge < -0.3 is 5.11 Å². The standard InChI is InChI=1S/C11H18O2/c1-2-3-4-5-6-7-10(12)9-8-11(9)13/h8,10,12H,2-7H2,1H3. The van der Waals surface area contributed by atoms with Crippen molar-refractivity contribution in [3.05, 3.63) is 21.9 Å². The van der Waals surface area contributed by atoms with Crippen molar-refractivity contribution in [2.24, 2.45) is 0 Å². The molecule has 13 heavy (non-hydrogen) atoms. The van der Waals surface area contributed by atoms with E-state index in [1.54, 1.807) is 0 Å². The van der Waals surface area contributed by atoms with Crippen LogP contribution in [0.5, 0.6) is 0 Å². The lowest BCUT2D eigenvalue weighted by molar-refractivity contribution is 0.166. The Morgan fingerprint density at radius 2 is 1.92 bits per heavy atom. The van der Waals surface area contributed by atoms with Crippen LogP contribution in [0.25, 0.3) is 0 Å². The van der Waals surface area contributed by atoms with E-state index < -0.39 is 6.10 Å². The smallest absolute Gasteiger partial charge is 0.185 e. The molecule has 2 heteroatoms. The van der Waals surface area contributed by atoms with E-state index in [0.717, 1.165) is 12.8 Å². The van der Waals surface area contributed by atoms with Crippen LogP contribution < -0.4 is 5.43 Å². The summed E-state index contributed by atoms with van der Waals surface area (Å²) in [5.41, 5.74) is 0.677. The van der Waals surface area contributed by atoms with Gasteiger partial charge in [0, 0.05) is 5.56 Å². The molecule has 1 N–H and O–H groups in total. The Kier molecular flexibility index (Phi) is 4.16. The first kappa shape index (κ1) is 10.5. The molecule has 0 radical (unpaired) electrons. The zero-order valence-electron chi connectivity index (χ0n) is 8.25. The zero-order chi connectivity index (χ0) is 9.68. The Morgan fingerprint density at radius 1 is 1.31 bits per heavy atom. The van der Waals surface area contributed by atoms with Crippen LogP contribution in [0.3, 0.4) is 0 Å². The highest BCUT2D eigenvalue weighted by atomic mass is 16.3. The summed E-state index contributed by atoms with van der Waals surface area (Å²) in [5, 5.41) is 9.43. The van der Waals surface area contributed by atoms with Crippen LogP contribution in [0.2, 0.25) is 0 Å². The minimum atomic E-state index is -0.478. The lowest BCUT2D eigenvalue weighted by Crippen LogP contribution is -1.95. The van der Waals surface area contributed by atoms with E-state index in [1.165, 1.54) is 31.7 Å². The normalized spacial score (nSPS) is 13.7. The summed E-state index contributed by atoms with van der Waals surface area (Å²) >= 11 is 0. The maximum absolute atomic E-state index is 10.6. The molecule has 74 valence electrons. The van der Waals surface area contributed by atoms with Gasteiger partial charge in [-0.3, -0.25) is 4.79 Å². The van der Waals surface area contributed by atoms with Crippen molar-refractivity contribution in [1.82, 2.24) is 0 Å². The Morgan fingerprint density at radius 3 is 2.46 bits per heavy atom. The predicted octanol–water partition coefficient (Wildman–Crippen LogP) is 2.32. The Labute approximate surface area is 79.3 Å². The average Bonchev–Trinajstić information content (AvgIpc) is 2.82. The third-order valence-corrected chi connectivity index (χ3v) is 2.43. The quantitative estimate of drug-likeness (QED) is 0.657. The second kappa shape index (κ2) is 5.18. The van der Waals surface area contributed by atoms with Gasteiger partial charge in [0.15, 0.2) is 5.43 Å². The molecule has 0 aromatic heterocycles. The molecule has 0 spiro atoms.